The lowest BCUT2D eigenvalue weighted by atomic mass is 10.0. The highest BCUT2D eigenvalue weighted by molar-refractivity contribution is 9.11. The lowest BCUT2D eigenvalue weighted by Crippen LogP contribution is -2.36. The molecule has 0 saturated carbocycles. The molecule has 0 fully saturated rings. The first kappa shape index (κ1) is 16.7. The molecule has 2 N–H and O–H groups in total. The summed E-state index contributed by atoms with van der Waals surface area (Å²) in [6.07, 6.45) is 1.06. The Bertz CT molecular complexity index is 642. The molecule has 22 heavy (non-hydrogen) atoms. The number of amides is 1. The minimum Gasteiger partial charge on any atom is -0.481 e. The molecule has 2 rings (SSSR count). The van der Waals surface area contributed by atoms with Crippen LogP contribution in [-0.2, 0) is 11.2 Å². The van der Waals surface area contributed by atoms with E-state index in [1.54, 1.807) is 6.07 Å². The van der Waals surface area contributed by atoms with E-state index in [0.717, 1.165) is 9.35 Å². The quantitative estimate of drug-likeness (QED) is 0.767. The van der Waals surface area contributed by atoms with Gasteiger partial charge >= 0.3 is 5.97 Å². The first-order valence-electron chi connectivity index (χ1n) is 6.86. The Hall–Kier alpha value is -1.66. The third-order valence-electron chi connectivity index (χ3n) is 3.16. The van der Waals surface area contributed by atoms with Crippen molar-refractivity contribution in [3.05, 3.63) is 56.7 Å². The monoisotopic (exact) mass is 381 g/mol. The Morgan fingerprint density at radius 3 is 2.50 bits per heavy atom. The highest BCUT2D eigenvalue weighted by Gasteiger charge is 2.17. The molecule has 6 heteroatoms. The molecule has 1 aromatic heterocycles. The summed E-state index contributed by atoms with van der Waals surface area (Å²) in [4.78, 5) is 23.6. The van der Waals surface area contributed by atoms with Crippen LogP contribution in [0.1, 0.15) is 28.1 Å². The molecule has 0 aliphatic rings. The van der Waals surface area contributed by atoms with Crippen molar-refractivity contribution in [3.63, 3.8) is 0 Å². The number of carboxylic acids is 1. The van der Waals surface area contributed by atoms with Crippen molar-refractivity contribution >= 4 is 39.1 Å². The Balaban J connectivity index is 2.03. The molecule has 2 aromatic rings. The predicted octanol–water partition coefficient (Wildman–Crippen LogP) is 3.72. The van der Waals surface area contributed by atoms with E-state index in [1.807, 2.05) is 36.4 Å². The first-order valence-corrected chi connectivity index (χ1v) is 8.47. The summed E-state index contributed by atoms with van der Waals surface area (Å²) in [7, 11) is 0. The maximum atomic E-state index is 12.2. The molecule has 0 aliphatic heterocycles. The molecule has 116 valence electrons. The summed E-state index contributed by atoms with van der Waals surface area (Å²) in [5.41, 5.74) is 1.07. The topological polar surface area (TPSA) is 66.4 Å². The number of carboxylic acid groups (broad SMARTS) is 1. The molecule has 1 amide bonds. The van der Waals surface area contributed by atoms with Crippen molar-refractivity contribution in [2.24, 2.45) is 0 Å². The van der Waals surface area contributed by atoms with E-state index in [-0.39, 0.29) is 18.4 Å². The van der Waals surface area contributed by atoms with Crippen molar-refractivity contribution in [1.82, 2.24) is 5.32 Å². The van der Waals surface area contributed by atoms with Gasteiger partial charge in [0.15, 0.2) is 0 Å². The molecule has 1 atom stereocenters. The zero-order valence-electron chi connectivity index (χ0n) is 11.8. The van der Waals surface area contributed by atoms with Crippen LogP contribution in [0.5, 0.6) is 0 Å². The predicted molar refractivity (Wildman–Crippen MR) is 90.3 cm³/mol. The average molecular weight is 382 g/mol. The van der Waals surface area contributed by atoms with Crippen LogP contribution in [-0.4, -0.2) is 23.0 Å². The molecule has 1 heterocycles. The highest BCUT2D eigenvalue weighted by atomic mass is 79.9. The minimum atomic E-state index is -0.855. The van der Waals surface area contributed by atoms with Crippen LogP contribution in [0.25, 0.3) is 0 Å². The van der Waals surface area contributed by atoms with Gasteiger partial charge in [-0.25, -0.2) is 0 Å². The van der Waals surface area contributed by atoms with Gasteiger partial charge in [0, 0.05) is 12.5 Å². The Labute approximate surface area is 141 Å². The second kappa shape index (κ2) is 8.10. The fourth-order valence-electron chi connectivity index (χ4n) is 2.11. The number of hydrogen-bond donors (Lipinski definition) is 2. The lowest BCUT2D eigenvalue weighted by Gasteiger charge is -2.17. The summed E-state index contributed by atoms with van der Waals surface area (Å²) in [6, 6.07) is 13.1. The van der Waals surface area contributed by atoms with Crippen molar-refractivity contribution < 1.29 is 14.7 Å². The Kier molecular flexibility index (Phi) is 6.15. The number of hydrogen-bond acceptors (Lipinski definition) is 3. The van der Waals surface area contributed by atoms with Gasteiger partial charge in [-0.3, -0.25) is 9.59 Å². The summed E-state index contributed by atoms with van der Waals surface area (Å²) < 4.78 is 0.891. The lowest BCUT2D eigenvalue weighted by molar-refractivity contribution is -0.137. The smallest absolute Gasteiger partial charge is 0.303 e. The fraction of sp³-hybridized carbons (Fsp3) is 0.250. The van der Waals surface area contributed by atoms with Gasteiger partial charge in [-0.05, 0) is 46.5 Å². The van der Waals surface area contributed by atoms with Gasteiger partial charge in [-0.2, -0.15) is 0 Å². The Morgan fingerprint density at radius 2 is 1.91 bits per heavy atom. The molecule has 1 unspecified atom stereocenters. The maximum absolute atomic E-state index is 12.2. The van der Waals surface area contributed by atoms with Crippen LogP contribution in [0.4, 0.5) is 0 Å². The standard InChI is InChI=1S/C16H16BrNO3S/c17-14-8-7-13(22-14)16(21)18-12(6-9-15(19)20)10-11-4-2-1-3-5-11/h1-5,7-8,12H,6,9-10H2,(H,18,21)(H,19,20). The minimum absolute atomic E-state index is 0.0336. The number of carbonyl (C=O) groups excluding carboxylic acids is 1. The SMILES string of the molecule is O=C(O)CCC(Cc1ccccc1)NC(=O)c1ccc(Br)s1. The van der Waals surface area contributed by atoms with E-state index in [1.165, 1.54) is 11.3 Å². The van der Waals surface area contributed by atoms with Crippen LogP contribution in [0.15, 0.2) is 46.3 Å². The second-order valence-corrected chi connectivity index (χ2v) is 7.36. The second-order valence-electron chi connectivity index (χ2n) is 4.90. The number of nitrogens with one attached hydrogen (secondary N) is 1. The maximum Gasteiger partial charge on any atom is 0.303 e. The number of rotatable bonds is 7. The molecular weight excluding hydrogens is 366 g/mol. The molecule has 0 saturated heterocycles. The number of aliphatic carboxylic acids is 1. The van der Waals surface area contributed by atoms with Crippen LogP contribution in [0.3, 0.4) is 0 Å². The fourth-order valence-corrected chi connectivity index (χ4v) is 3.40. The number of halogens is 1. The number of carbonyl (C=O) groups is 2. The molecule has 0 spiro atoms. The van der Waals surface area contributed by atoms with E-state index in [9.17, 15) is 9.59 Å². The Morgan fingerprint density at radius 1 is 1.18 bits per heavy atom. The van der Waals surface area contributed by atoms with Crippen molar-refractivity contribution in [1.29, 1.82) is 0 Å². The van der Waals surface area contributed by atoms with E-state index in [2.05, 4.69) is 21.2 Å². The largest absolute Gasteiger partial charge is 0.481 e. The van der Waals surface area contributed by atoms with Gasteiger partial charge in [-0.1, -0.05) is 30.3 Å². The van der Waals surface area contributed by atoms with Gasteiger partial charge in [0.25, 0.3) is 5.91 Å². The van der Waals surface area contributed by atoms with E-state index in [0.29, 0.717) is 17.7 Å². The molecule has 4 nitrogen and oxygen atoms in total. The zero-order valence-corrected chi connectivity index (χ0v) is 14.2. The molecular formula is C16H16BrNO3S. The summed E-state index contributed by atoms with van der Waals surface area (Å²) >= 11 is 4.69. The molecule has 1 aromatic carbocycles. The molecule has 0 bridgehead atoms. The van der Waals surface area contributed by atoms with Crippen LogP contribution < -0.4 is 5.32 Å². The van der Waals surface area contributed by atoms with E-state index < -0.39 is 5.97 Å². The summed E-state index contributed by atoms with van der Waals surface area (Å²) in [5.74, 6) is -1.02. The van der Waals surface area contributed by atoms with Gasteiger partial charge in [0.2, 0.25) is 0 Å². The van der Waals surface area contributed by atoms with Gasteiger partial charge in [-0.15, -0.1) is 11.3 Å². The number of thiophene rings is 1. The van der Waals surface area contributed by atoms with Crippen LogP contribution >= 0.6 is 27.3 Å². The van der Waals surface area contributed by atoms with Crippen molar-refractivity contribution in [3.8, 4) is 0 Å². The third-order valence-corrected chi connectivity index (χ3v) is 4.79. The van der Waals surface area contributed by atoms with Crippen LogP contribution in [0, 0.1) is 0 Å². The van der Waals surface area contributed by atoms with Crippen LogP contribution in [0.2, 0.25) is 0 Å². The average Bonchev–Trinajstić information content (AvgIpc) is 2.92. The van der Waals surface area contributed by atoms with E-state index >= 15 is 0 Å². The zero-order chi connectivity index (χ0) is 15.9. The molecule has 0 aliphatic carbocycles. The number of benzene rings is 1. The summed E-state index contributed by atoms with van der Waals surface area (Å²) in [5, 5.41) is 11.8. The van der Waals surface area contributed by atoms with Gasteiger partial charge in [0.1, 0.15) is 0 Å². The van der Waals surface area contributed by atoms with Crippen molar-refractivity contribution in [2.45, 2.75) is 25.3 Å². The normalized spacial score (nSPS) is 11.9. The first-order chi connectivity index (χ1) is 10.5. The van der Waals surface area contributed by atoms with Gasteiger partial charge in [0.05, 0.1) is 8.66 Å². The summed E-state index contributed by atoms with van der Waals surface area (Å²) in [6.45, 7) is 0. The van der Waals surface area contributed by atoms with Gasteiger partial charge < -0.3 is 10.4 Å². The third kappa shape index (κ3) is 5.27. The van der Waals surface area contributed by atoms with Crippen molar-refractivity contribution in [2.75, 3.05) is 0 Å². The van der Waals surface area contributed by atoms with E-state index in [4.69, 9.17) is 5.11 Å². The highest BCUT2D eigenvalue weighted by Crippen LogP contribution is 2.22. The molecule has 0 radical (unpaired) electrons.